The second-order valence-corrected chi connectivity index (χ2v) is 11.5. The normalized spacial score (nSPS) is 21.5. The molecule has 1 N–H and O–H groups in total. The fraction of sp³-hybridized carbons (Fsp3) is 0.424. The number of halogens is 4. The minimum Gasteiger partial charge on any atom is -0.374 e. The Morgan fingerprint density at radius 3 is 1.44 bits per heavy atom. The molecule has 6 nitrogen and oxygen atoms in total. The van der Waals surface area contributed by atoms with E-state index in [0.717, 1.165) is 49.9 Å². The van der Waals surface area contributed by atoms with Gasteiger partial charge in [-0.25, -0.2) is 17.6 Å². The van der Waals surface area contributed by atoms with Gasteiger partial charge in [0, 0.05) is 63.5 Å². The number of nitrogens with one attached hydrogen (secondary N) is 1. The molecule has 3 fully saturated rings. The third-order valence-electron chi connectivity index (χ3n) is 8.45. The maximum Gasteiger partial charge on any atom is 0.159 e. The molecule has 0 radical (unpaired) electrons. The van der Waals surface area contributed by atoms with E-state index in [1.807, 2.05) is 9.80 Å². The molecule has 2 aromatic carbocycles. The fourth-order valence-electron chi connectivity index (χ4n) is 6.07. The average molecular weight is 598 g/mol. The summed E-state index contributed by atoms with van der Waals surface area (Å²) in [5.74, 6) is -7.05. The topological polar surface area (TPSA) is 69.7 Å². The summed E-state index contributed by atoms with van der Waals surface area (Å²) in [6.45, 7) is 3.08. The van der Waals surface area contributed by atoms with Crippen LogP contribution in [0.25, 0.3) is 12.2 Å². The van der Waals surface area contributed by atoms with Crippen LogP contribution in [0.4, 0.5) is 17.6 Å². The van der Waals surface area contributed by atoms with Crippen LogP contribution in [-0.2, 0) is 14.4 Å². The van der Waals surface area contributed by atoms with Crippen LogP contribution in [0.1, 0.15) is 49.7 Å². The summed E-state index contributed by atoms with van der Waals surface area (Å²) in [6, 6.07) is 7.09. The van der Waals surface area contributed by atoms with Gasteiger partial charge in [0.05, 0.1) is 11.8 Å². The lowest BCUT2D eigenvalue weighted by Crippen LogP contribution is -2.50. The summed E-state index contributed by atoms with van der Waals surface area (Å²) in [4.78, 5) is 44.7. The van der Waals surface area contributed by atoms with Crippen LogP contribution < -0.4 is 5.32 Å². The highest BCUT2D eigenvalue weighted by molar-refractivity contribution is 6.13. The number of carbonyl (C=O) groups is 3. The van der Waals surface area contributed by atoms with Crippen molar-refractivity contribution in [3.05, 3.63) is 82.2 Å². The summed E-state index contributed by atoms with van der Waals surface area (Å²) in [5, 5.41) is 3.08. The van der Waals surface area contributed by atoms with Crippen molar-refractivity contribution in [2.24, 2.45) is 11.8 Å². The van der Waals surface area contributed by atoms with Gasteiger partial charge in [0.25, 0.3) is 0 Å². The molecule has 228 valence electrons. The average Bonchev–Trinajstić information content (AvgIpc) is 3.72. The predicted molar refractivity (Wildman–Crippen MR) is 154 cm³/mol. The van der Waals surface area contributed by atoms with Crippen molar-refractivity contribution >= 4 is 29.5 Å². The first kappa shape index (κ1) is 30.7. The van der Waals surface area contributed by atoms with Crippen LogP contribution in [-0.4, -0.2) is 66.4 Å². The molecule has 0 saturated carbocycles. The molecule has 3 heterocycles. The maximum atomic E-state index is 13.9. The van der Waals surface area contributed by atoms with Crippen molar-refractivity contribution < 1.29 is 31.9 Å². The minimum absolute atomic E-state index is 0.0763. The van der Waals surface area contributed by atoms with Crippen molar-refractivity contribution in [1.82, 2.24) is 15.1 Å². The van der Waals surface area contributed by atoms with Crippen molar-refractivity contribution in [2.75, 3.05) is 39.3 Å². The van der Waals surface area contributed by atoms with Crippen LogP contribution >= 0.6 is 0 Å². The SMILES string of the molecule is O=C(C/C(=C\c1ccc(F)c(F)c1)N1CCCC1)C1CNCC(C(=O)C/C(=C\c2ccc(F)c(F)c2)N2CCCC2)C1=O. The second kappa shape index (κ2) is 13.7. The Hall–Kier alpha value is -3.79. The van der Waals surface area contributed by atoms with E-state index in [2.05, 4.69) is 5.32 Å². The van der Waals surface area contributed by atoms with Crippen LogP contribution in [0, 0.1) is 35.1 Å². The van der Waals surface area contributed by atoms with E-state index < -0.39 is 40.9 Å². The molecule has 43 heavy (non-hydrogen) atoms. The lowest BCUT2D eigenvalue weighted by Gasteiger charge is -2.30. The minimum atomic E-state index is -1.02. The molecule has 3 aliphatic rings. The highest BCUT2D eigenvalue weighted by Gasteiger charge is 2.40. The molecule has 0 aromatic heterocycles. The van der Waals surface area contributed by atoms with Crippen molar-refractivity contribution in [3.8, 4) is 0 Å². The number of benzene rings is 2. The molecular formula is C33H35F4N3O3. The number of hydrogen-bond acceptors (Lipinski definition) is 6. The van der Waals surface area contributed by atoms with E-state index in [1.54, 1.807) is 12.2 Å². The number of piperidine rings is 1. The van der Waals surface area contributed by atoms with Crippen molar-refractivity contribution in [2.45, 2.75) is 38.5 Å². The number of hydrogen-bond donors (Lipinski definition) is 1. The molecule has 0 spiro atoms. The highest BCUT2D eigenvalue weighted by atomic mass is 19.2. The van der Waals surface area contributed by atoms with Crippen LogP contribution in [0.2, 0.25) is 0 Å². The number of Topliss-reactive ketones (excluding diaryl/α,β-unsaturated/α-hetero) is 3. The van der Waals surface area contributed by atoms with E-state index in [-0.39, 0.29) is 37.5 Å². The molecule has 3 aliphatic heterocycles. The molecule has 2 aromatic rings. The first-order valence-corrected chi connectivity index (χ1v) is 14.8. The van der Waals surface area contributed by atoms with Crippen molar-refractivity contribution in [3.63, 3.8) is 0 Å². The number of carbonyl (C=O) groups excluding carboxylic acids is 3. The number of likely N-dealkylation sites (tertiary alicyclic amines) is 2. The zero-order chi connectivity index (χ0) is 30.5. The van der Waals surface area contributed by atoms with Gasteiger partial charge >= 0.3 is 0 Å². The van der Waals surface area contributed by atoms with Gasteiger partial charge in [0.2, 0.25) is 0 Å². The van der Waals surface area contributed by atoms with Crippen LogP contribution in [0.15, 0.2) is 47.8 Å². The summed E-state index contributed by atoms with van der Waals surface area (Å²) in [5.41, 5.74) is 2.08. The van der Waals surface area contributed by atoms with Crippen molar-refractivity contribution in [1.29, 1.82) is 0 Å². The highest BCUT2D eigenvalue weighted by Crippen LogP contribution is 2.27. The zero-order valence-electron chi connectivity index (χ0n) is 23.9. The quantitative estimate of drug-likeness (QED) is 0.302. The monoisotopic (exact) mass is 597 g/mol. The smallest absolute Gasteiger partial charge is 0.159 e. The van der Waals surface area contributed by atoms with E-state index in [4.69, 9.17) is 0 Å². The molecule has 0 amide bonds. The molecule has 2 atom stereocenters. The van der Waals surface area contributed by atoms with Crippen LogP contribution in [0.3, 0.4) is 0 Å². The van der Waals surface area contributed by atoms with E-state index in [1.165, 1.54) is 12.1 Å². The number of allylic oxidation sites excluding steroid dienone is 2. The Morgan fingerprint density at radius 2 is 1.07 bits per heavy atom. The summed E-state index contributed by atoms with van der Waals surface area (Å²) in [6.07, 6.45) is 6.88. The van der Waals surface area contributed by atoms with Gasteiger partial charge in [0.1, 0.15) is 11.6 Å². The fourth-order valence-corrected chi connectivity index (χ4v) is 6.07. The van der Waals surface area contributed by atoms with Gasteiger partial charge in [-0.1, -0.05) is 12.1 Å². The molecule has 0 aliphatic carbocycles. The Bertz CT molecular complexity index is 1340. The third kappa shape index (κ3) is 7.41. The lowest BCUT2D eigenvalue weighted by molar-refractivity contribution is -0.140. The van der Waals surface area contributed by atoms with E-state index >= 15 is 0 Å². The summed E-state index contributed by atoms with van der Waals surface area (Å²) in [7, 11) is 0. The van der Waals surface area contributed by atoms with Gasteiger partial charge in [0.15, 0.2) is 29.1 Å². The molecule has 10 heteroatoms. The maximum absolute atomic E-state index is 13.9. The van der Waals surface area contributed by atoms with Gasteiger partial charge in [-0.05, 0) is 73.2 Å². The predicted octanol–water partition coefficient (Wildman–Crippen LogP) is 5.14. The lowest BCUT2D eigenvalue weighted by atomic mass is 9.81. The molecule has 0 bridgehead atoms. The first-order chi connectivity index (χ1) is 20.7. The summed E-state index contributed by atoms with van der Waals surface area (Å²) >= 11 is 0. The number of nitrogens with zero attached hydrogens (tertiary/aromatic N) is 2. The van der Waals surface area contributed by atoms with Gasteiger partial charge < -0.3 is 15.1 Å². The van der Waals surface area contributed by atoms with Gasteiger partial charge in [-0.3, -0.25) is 14.4 Å². The van der Waals surface area contributed by atoms with E-state index in [9.17, 15) is 31.9 Å². The standard InChI is InChI=1S/C33H35F4N3O3/c34-27-7-5-21(15-29(27)36)13-23(39-9-1-2-10-39)17-31(41)25-19-38-20-26(33(25)43)32(42)18-24(40-11-3-4-12-40)14-22-6-8-28(35)30(37)16-22/h5-8,13-16,25-26,38H,1-4,9-12,17-20H2/b23-13+,24-14+. The molecule has 2 unspecified atom stereocenters. The third-order valence-corrected chi connectivity index (χ3v) is 8.45. The number of ketones is 3. The van der Waals surface area contributed by atoms with Gasteiger partial charge in [-0.15, -0.1) is 0 Å². The van der Waals surface area contributed by atoms with E-state index in [0.29, 0.717) is 48.7 Å². The Kier molecular flexibility index (Phi) is 9.75. The molecular weight excluding hydrogens is 562 g/mol. The second-order valence-electron chi connectivity index (χ2n) is 11.5. The molecule has 5 rings (SSSR count). The Morgan fingerprint density at radius 1 is 0.674 bits per heavy atom. The number of rotatable bonds is 10. The van der Waals surface area contributed by atoms with Crippen LogP contribution in [0.5, 0.6) is 0 Å². The Balaban J connectivity index is 1.32. The van der Waals surface area contributed by atoms with Gasteiger partial charge in [-0.2, -0.15) is 0 Å². The molecule has 3 saturated heterocycles. The largest absolute Gasteiger partial charge is 0.374 e. The first-order valence-electron chi connectivity index (χ1n) is 14.8. The zero-order valence-corrected chi connectivity index (χ0v) is 23.9. The Labute approximate surface area is 248 Å². The summed E-state index contributed by atoms with van der Waals surface area (Å²) < 4.78 is 54.7.